The van der Waals surface area contributed by atoms with Crippen LogP contribution < -0.4 is 4.74 Å². The number of hydrogen-bond acceptors (Lipinski definition) is 1. The molecular formula is C25H25BrO. The highest BCUT2D eigenvalue weighted by Crippen LogP contribution is 2.46. The first-order chi connectivity index (χ1) is 13.3. The first kappa shape index (κ1) is 18.3. The zero-order valence-corrected chi connectivity index (χ0v) is 17.3. The Morgan fingerprint density at radius 1 is 0.926 bits per heavy atom. The molecular weight excluding hydrogens is 396 g/mol. The molecule has 138 valence electrons. The van der Waals surface area contributed by atoms with Crippen LogP contribution in [0.3, 0.4) is 0 Å². The van der Waals surface area contributed by atoms with Crippen molar-refractivity contribution in [3.63, 3.8) is 0 Å². The molecule has 0 unspecified atom stereocenters. The van der Waals surface area contributed by atoms with Gasteiger partial charge in [-0.1, -0.05) is 82.2 Å². The van der Waals surface area contributed by atoms with Gasteiger partial charge < -0.3 is 4.74 Å². The SMILES string of the molecule is Cc1ccc2c(c1)CC[C@H](c1ccccc1)[C@@H]2c1ccc(OCCBr)cc1. The Balaban J connectivity index is 1.75. The first-order valence-electron chi connectivity index (χ1n) is 9.69. The van der Waals surface area contributed by atoms with E-state index in [-0.39, 0.29) is 0 Å². The molecule has 0 amide bonds. The second-order valence-electron chi connectivity index (χ2n) is 7.34. The highest BCUT2D eigenvalue weighted by Gasteiger charge is 2.31. The second-order valence-corrected chi connectivity index (χ2v) is 8.14. The molecule has 2 atom stereocenters. The average molecular weight is 421 g/mol. The predicted octanol–water partition coefficient (Wildman–Crippen LogP) is 6.63. The van der Waals surface area contributed by atoms with Gasteiger partial charge in [-0.05, 0) is 60.1 Å². The van der Waals surface area contributed by atoms with Crippen molar-refractivity contribution in [3.05, 3.63) is 101 Å². The fraction of sp³-hybridized carbons (Fsp3) is 0.280. The molecule has 0 N–H and O–H groups in total. The van der Waals surface area contributed by atoms with Crippen LogP contribution in [0.15, 0.2) is 72.8 Å². The number of fused-ring (bicyclic) bond motifs is 1. The summed E-state index contributed by atoms with van der Waals surface area (Å²) in [5, 5.41) is 0.847. The Labute approximate surface area is 170 Å². The summed E-state index contributed by atoms with van der Waals surface area (Å²) in [7, 11) is 0. The highest BCUT2D eigenvalue weighted by atomic mass is 79.9. The molecule has 1 nitrogen and oxygen atoms in total. The fourth-order valence-corrected chi connectivity index (χ4v) is 4.51. The van der Waals surface area contributed by atoms with Gasteiger partial charge >= 0.3 is 0 Å². The maximum atomic E-state index is 5.75. The van der Waals surface area contributed by atoms with E-state index in [0.29, 0.717) is 18.4 Å². The summed E-state index contributed by atoms with van der Waals surface area (Å²) < 4.78 is 5.75. The summed E-state index contributed by atoms with van der Waals surface area (Å²) in [5.74, 6) is 1.84. The standard InChI is InChI=1S/C25H25BrO/c1-18-7-13-24-21(17-18)10-14-23(19-5-3-2-4-6-19)25(24)20-8-11-22(12-9-20)27-16-15-26/h2-9,11-13,17,23,25H,10,14-16H2,1H3/t23-,25+/m1/s1. The summed E-state index contributed by atoms with van der Waals surface area (Å²) in [6.45, 7) is 2.88. The number of alkyl halides is 1. The molecule has 1 aliphatic carbocycles. The zero-order valence-electron chi connectivity index (χ0n) is 15.7. The van der Waals surface area contributed by atoms with Crippen molar-refractivity contribution in [2.24, 2.45) is 0 Å². The van der Waals surface area contributed by atoms with Crippen molar-refractivity contribution < 1.29 is 4.74 Å². The van der Waals surface area contributed by atoms with Crippen LogP contribution in [0.1, 0.15) is 46.1 Å². The van der Waals surface area contributed by atoms with Crippen molar-refractivity contribution in [1.29, 1.82) is 0 Å². The Morgan fingerprint density at radius 2 is 1.70 bits per heavy atom. The molecule has 4 rings (SSSR count). The molecule has 0 radical (unpaired) electrons. The van der Waals surface area contributed by atoms with E-state index < -0.39 is 0 Å². The van der Waals surface area contributed by atoms with Crippen LogP contribution in [0.5, 0.6) is 5.75 Å². The van der Waals surface area contributed by atoms with Crippen LogP contribution in [0.4, 0.5) is 0 Å². The Morgan fingerprint density at radius 3 is 2.44 bits per heavy atom. The molecule has 0 aromatic heterocycles. The normalized spacial score (nSPS) is 18.7. The lowest BCUT2D eigenvalue weighted by Gasteiger charge is -2.35. The van der Waals surface area contributed by atoms with E-state index in [4.69, 9.17) is 4.74 Å². The number of rotatable bonds is 5. The average Bonchev–Trinajstić information content (AvgIpc) is 2.72. The summed E-state index contributed by atoms with van der Waals surface area (Å²) in [6, 6.07) is 26.7. The Bertz CT molecular complexity index is 886. The topological polar surface area (TPSA) is 9.23 Å². The van der Waals surface area contributed by atoms with Gasteiger partial charge in [-0.15, -0.1) is 0 Å². The largest absolute Gasteiger partial charge is 0.493 e. The van der Waals surface area contributed by atoms with Crippen LogP contribution >= 0.6 is 15.9 Å². The number of hydrogen-bond donors (Lipinski definition) is 0. The van der Waals surface area contributed by atoms with Gasteiger partial charge in [-0.3, -0.25) is 0 Å². The quantitative estimate of drug-likeness (QED) is 0.420. The van der Waals surface area contributed by atoms with Crippen molar-refractivity contribution in [2.75, 3.05) is 11.9 Å². The Kier molecular flexibility index (Phi) is 5.63. The third kappa shape index (κ3) is 3.96. The third-order valence-corrected chi connectivity index (χ3v) is 5.90. The third-order valence-electron chi connectivity index (χ3n) is 5.57. The summed E-state index contributed by atoms with van der Waals surface area (Å²) in [5.41, 5.74) is 7.15. The van der Waals surface area contributed by atoms with Gasteiger partial charge in [0.15, 0.2) is 0 Å². The molecule has 0 spiro atoms. The van der Waals surface area contributed by atoms with Crippen molar-refractivity contribution >= 4 is 15.9 Å². The molecule has 27 heavy (non-hydrogen) atoms. The smallest absolute Gasteiger partial charge is 0.119 e. The van der Waals surface area contributed by atoms with Crippen LogP contribution in [0, 0.1) is 6.92 Å². The molecule has 3 aromatic carbocycles. The summed E-state index contributed by atoms with van der Waals surface area (Å²) in [4.78, 5) is 0. The van der Waals surface area contributed by atoms with E-state index in [1.165, 1.54) is 34.2 Å². The van der Waals surface area contributed by atoms with E-state index in [1.807, 2.05) is 0 Å². The van der Waals surface area contributed by atoms with E-state index >= 15 is 0 Å². The molecule has 0 heterocycles. The minimum atomic E-state index is 0.391. The van der Waals surface area contributed by atoms with E-state index in [9.17, 15) is 0 Å². The molecule has 0 aliphatic heterocycles. The predicted molar refractivity (Wildman–Crippen MR) is 116 cm³/mol. The highest BCUT2D eigenvalue weighted by molar-refractivity contribution is 9.09. The lowest BCUT2D eigenvalue weighted by atomic mass is 9.69. The lowest BCUT2D eigenvalue weighted by molar-refractivity contribution is 0.345. The fourth-order valence-electron chi connectivity index (χ4n) is 4.35. The minimum Gasteiger partial charge on any atom is -0.493 e. The van der Waals surface area contributed by atoms with E-state index in [1.54, 1.807) is 0 Å². The molecule has 2 heteroatoms. The molecule has 0 bridgehead atoms. The zero-order chi connectivity index (χ0) is 18.6. The van der Waals surface area contributed by atoms with Gasteiger partial charge in [0.1, 0.15) is 5.75 Å². The van der Waals surface area contributed by atoms with Gasteiger partial charge in [-0.2, -0.15) is 0 Å². The van der Waals surface area contributed by atoms with Gasteiger partial charge in [0.05, 0.1) is 6.61 Å². The van der Waals surface area contributed by atoms with E-state index in [2.05, 4.69) is 95.7 Å². The van der Waals surface area contributed by atoms with Crippen molar-refractivity contribution in [2.45, 2.75) is 31.6 Å². The van der Waals surface area contributed by atoms with Crippen LogP contribution in [0.2, 0.25) is 0 Å². The van der Waals surface area contributed by atoms with Gasteiger partial charge in [0, 0.05) is 11.2 Å². The maximum absolute atomic E-state index is 5.75. The Hall–Kier alpha value is -2.06. The summed E-state index contributed by atoms with van der Waals surface area (Å²) in [6.07, 6.45) is 2.34. The van der Waals surface area contributed by atoms with Crippen LogP contribution in [-0.4, -0.2) is 11.9 Å². The van der Waals surface area contributed by atoms with Crippen LogP contribution in [0.25, 0.3) is 0 Å². The first-order valence-corrected chi connectivity index (χ1v) is 10.8. The minimum absolute atomic E-state index is 0.391. The molecule has 1 aliphatic rings. The molecule has 3 aromatic rings. The van der Waals surface area contributed by atoms with E-state index in [0.717, 1.165) is 17.5 Å². The van der Waals surface area contributed by atoms with Crippen molar-refractivity contribution in [1.82, 2.24) is 0 Å². The number of benzene rings is 3. The number of aryl methyl sites for hydroxylation is 2. The number of ether oxygens (including phenoxy) is 1. The van der Waals surface area contributed by atoms with Crippen molar-refractivity contribution in [3.8, 4) is 5.75 Å². The number of halogens is 1. The summed E-state index contributed by atoms with van der Waals surface area (Å²) >= 11 is 3.42. The lowest BCUT2D eigenvalue weighted by Crippen LogP contribution is -2.20. The van der Waals surface area contributed by atoms with Crippen LogP contribution in [-0.2, 0) is 6.42 Å². The molecule has 0 fully saturated rings. The molecule has 0 saturated carbocycles. The monoisotopic (exact) mass is 420 g/mol. The van der Waals surface area contributed by atoms with Gasteiger partial charge in [0.25, 0.3) is 0 Å². The maximum Gasteiger partial charge on any atom is 0.119 e. The molecule has 0 saturated heterocycles. The van der Waals surface area contributed by atoms with Gasteiger partial charge in [-0.25, -0.2) is 0 Å². The second kappa shape index (κ2) is 8.31. The van der Waals surface area contributed by atoms with Gasteiger partial charge in [0.2, 0.25) is 0 Å².